The molecule has 7 heteroatoms. The maximum atomic E-state index is 12.2. The molecule has 1 amide bonds. The Balaban J connectivity index is 2.61. The standard InChI is InChI=1S/C17H22INO5/c1-17(2,3)24-16(22)19(10-4-5-15(20)21)11-12-23-14-8-6-13(18)7-9-14/h4-9H,10-12H2,1-3H3,(H,20,21). The highest BCUT2D eigenvalue weighted by molar-refractivity contribution is 14.1. The number of nitrogens with zero attached hydrogens (tertiary/aromatic N) is 1. The van der Waals surface area contributed by atoms with Crippen LogP contribution in [0.5, 0.6) is 5.75 Å². The van der Waals surface area contributed by atoms with Gasteiger partial charge < -0.3 is 19.5 Å². The van der Waals surface area contributed by atoms with Crippen molar-refractivity contribution in [3.8, 4) is 5.75 Å². The third-order valence-corrected chi connectivity index (χ3v) is 3.40. The molecule has 0 aliphatic carbocycles. The second kappa shape index (κ2) is 9.51. The van der Waals surface area contributed by atoms with Crippen LogP contribution >= 0.6 is 22.6 Å². The molecule has 0 saturated carbocycles. The molecule has 24 heavy (non-hydrogen) atoms. The minimum atomic E-state index is -1.06. The maximum absolute atomic E-state index is 12.2. The Kier molecular flexibility index (Phi) is 8.03. The minimum Gasteiger partial charge on any atom is -0.492 e. The van der Waals surface area contributed by atoms with Crippen LogP contribution in [0.2, 0.25) is 0 Å². The number of rotatable bonds is 7. The fourth-order valence-corrected chi connectivity index (χ4v) is 2.03. The molecule has 132 valence electrons. The van der Waals surface area contributed by atoms with Crippen LogP contribution in [0.4, 0.5) is 4.79 Å². The van der Waals surface area contributed by atoms with Crippen LogP contribution in [0, 0.1) is 3.57 Å². The molecule has 0 unspecified atom stereocenters. The average Bonchev–Trinajstić information content (AvgIpc) is 2.45. The van der Waals surface area contributed by atoms with Crippen LogP contribution < -0.4 is 4.74 Å². The second-order valence-corrected chi connectivity index (χ2v) is 7.21. The highest BCUT2D eigenvalue weighted by Gasteiger charge is 2.21. The number of carbonyl (C=O) groups is 2. The van der Waals surface area contributed by atoms with Gasteiger partial charge in [-0.1, -0.05) is 6.08 Å². The number of ether oxygens (including phenoxy) is 2. The molecule has 0 atom stereocenters. The minimum absolute atomic E-state index is 0.136. The summed E-state index contributed by atoms with van der Waals surface area (Å²) >= 11 is 2.21. The molecule has 0 aromatic heterocycles. The predicted octanol–water partition coefficient (Wildman–Crippen LogP) is 3.55. The van der Waals surface area contributed by atoms with Crippen molar-refractivity contribution in [1.29, 1.82) is 0 Å². The first kappa shape index (κ1) is 20.3. The summed E-state index contributed by atoms with van der Waals surface area (Å²) in [6.07, 6.45) is 1.89. The first-order valence-electron chi connectivity index (χ1n) is 7.43. The van der Waals surface area contributed by atoms with Crippen LogP contribution in [0.15, 0.2) is 36.4 Å². The monoisotopic (exact) mass is 447 g/mol. The number of carboxylic acids is 1. The van der Waals surface area contributed by atoms with E-state index >= 15 is 0 Å². The van der Waals surface area contributed by atoms with E-state index in [9.17, 15) is 9.59 Å². The van der Waals surface area contributed by atoms with E-state index in [0.29, 0.717) is 5.75 Å². The molecule has 0 spiro atoms. The summed E-state index contributed by atoms with van der Waals surface area (Å²) in [7, 11) is 0. The first-order chi connectivity index (χ1) is 11.2. The Morgan fingerprint density at radius 1 is 1.25 bits per heavy atom. The second-order valence-electron chi connectivity index (χ2n) is 5.97. The van der Waals surface area contributed by atoms with E-state index in [1.54, 1.807) is 20.8 Å². The van der Waals surface area contributed by atoms with E-state index in [1.165, 1.54) is 11.0 Å². The Labute approximate surface area is 155 Å². The molecule has 0 bridgehead atoms. The lowest BCUT2D eigenvalue weighted by Gasteiger charge is -2.26. The fraction of sp³-hybridized carbons (Fsp3) is 0.412. The van der Waals surface area contributed by atoms with E-state index in [2.05, 4.69) is 22.6 Å². The fourth-order valence-electron chi connectivity index (χ4n) is 1.67. The topological polar surface area (TPSA) is 76.1 Å². The third kappa shape index (κ3) is 8.76. The molecule has 1 rings (SSSR count). The third-order valence-electron chi connectivity index (χ3n) is 2.68. The highest BCUT2D eigenvalue weighted by atomic mass is 127. The van der Waals surface area contributed by atoms with Crippen molar-refractivity contribution in [3.63, 3.8) is 0 Å². The maximum Gasteiger partial charge on any atom is 0.410 e. The van der Waals surface area contributed by atoms with E-state index in [1.807, 2.05) is 24.3 Å². The van der Waals surface area contributed by atoms with Crippen molar-refractivity contribution in [1.82, 2.24) is 4.90 Å². The number of hydrogen-bond acceptors (Lipinski definition) is 4. The molecule has 1 aromatic rings. The van der Waals surface area contributed by atoms with E-state index < -0.39 is 17.7 Å². The van der Waals surface area contributed by atoms with E-state index in [-0.39, 0.29) is 19.7 Å². The van der Waals surface area contributed by atoms with E-state index in [4.69, 9.17) is 14.6 Å². The Morgan fingerprint density at radius 2 is 1.88 bits per heavy atom. The zero-order chi connectivity index (χ0) is 18.2. The molecule has 0 aliphatic heterocycles. The zero-order valence-corrected chi connectivity index (χ0v) is 16.1. The quantitative estimate of drug-likeness (QED) is 0.511. The normalized spacial score (nSPS) is 11.3. The summed E-state index contributed by atoms with van der Waals surface area (Å²) in [5.41, 5.74) is -0.622. The summed E-state index contributed by atoms with van der Waals surface area (Å²) in [4.78, 5) is 24.1. The molecule has 0 fully saturated rings. The van der Waals surface area contributed by atoms with Gasteiger partial charge in [-0.2, -0.15) is 0 Å². The van der Waals surface area contributed by atoms with Gasteiger partial charge in [0.15, 0.2) is 0 Å². The molecule has 0 aliphatic rings. The van der Waals surface area contributed by atoms with Gasteiger partial charge in [0.25, 0.3) is 0 Å². The van der Waals surface area contributed by atoms with Gasteiger partial charge in [0.2, 0.25) is 0 Å². The van der Waals surface area contributed by atoms with Crippen molar-refractivity contribution in [2.75, 3.05) is 19.7 Å². The Hall–Kier alpha value is -1.77. The van der Waals surface area contributed by atoms with Gasteiger partial charge in [-0.15, -0.1) is 0 Å². The van der Waals surface area contributed by atoms with Crippen molar-refractivity contribution in [2.45, 2.75) is 26.4 Å². The van der Waals surface area contributed by atoms with Crippen molar-refractivity contribution in [2.24, 2.45) is 0 Å². The number of hydrogen-bond donors (Lipinski definition) is 1. The zero-order valence-electron chi connectivity index (χ0n) is 14.0. The van der Waals surface area contributed by atoms with Gasteiger partial charge in [-0.05, 0) is 67.6 Å². The summed E-state index contributed by atoms with van der Waals surface area (Å²) in [5, 5.41) is 8.65. The number of amides is 1. The molecule has 0 radical (unpaired) electrons. The molecular weight excluding hydrogens is 425 g/mol. The lowest BCUT2D eigenvalue weighted by Crippen LogP contribution is -2.39. The summed E-state index contributed by atoms with van der Waals surface area (Å²) in [5.74, 6) is -0.352. The SMILES string of the molecule is CC(C)(C)OC(=O)N(CC=CC(=O)O)CCOc1ccc(I)cc1. The number of benzene rings is 1. The van der Waals surface area contributed by atoms with Crippen LogP contribution in [-0.4, -0.2) is 47.4 Å². The average molecular weight is 447 g/mol. The molecule has 1 aromatic carbocycles. The summed E-state index contributed by atoms with van der Waals surface area (Å²) < 4.78 is 12.0. The summed E-state index contributed by atoms with van der Waals surface area (Å²) in [6, 6.07) is 7.56. The largest absolute Gasteiger partial charge is 0.492 e. The van der Waals surface area contributed by atoms with Gasteiger partial charge in [-0.3, -0.25) is 0 Å². The molecule has 1 N–H and O–H groups in total. The number of carboxylic acid groups (broad SMARTS) is 1. The van der Waals surface area contributed by atoms with Crippen molar-refractivity contribution in [3.05, 3.63) is 40.0 Å². The number of carbonyl (C=O) groups excluding carboxylic acids is 1. The molecular formula is C17H22INO5. The van der Waals surface area contributed by atoms with Gasteiger partial charge in [0, 0.05) is 16.2 Å². The van der Waals surface area contributed by atoms with Crippen LogP contribution in [-0.2, 0) is 9.53 Å². The van der Waals surface area contributed by atoms with Crippen molar-refractivity contribution >= 4 is 34.7 Å². The van der Waals surface area contributed by atoms with Crippen molar-refractivity contribution < 1.29 is 24.2 Å². The van der Waals surface area contributed by atoms with Crippen LogP contribution in [0.3, 0.4) is 0 Å². The van der Waals surface area contributed by atoms with Gasteiger partial charge in [0.05, 0.1) is 6.54 Å². The predicted molar refractivity (Wildman–Crippen MR) is 99.2 cm³/mol. The lowest BCUT2D eigenvalue weighted by atomic mass is 10.2. The van der Waals surface area contributed by atoms with E-state index in [0.717, 1.165) is 9.65 Å². The highest BCUT2D eigenvalue weighted by Crippen LogP contribution is 2.14. The number of aliphatic carboxylic acids is 1. The lowest BCUT2D eigenvalue weighted by molar-refractivity contribution is -0.131. The summed E-state index contributed by atoms with van der Waals surface area (Å²) in [6.45, 7) is 6.03. The molecule has 0 saturated heterocycles. The van der Waals surface area contributed by atoms with Gasteiger partial charge >= 0.3 is 12.1 Å². The molecule has 0 heterocycles. The molecule has 6 nitrogen and oxygen atoms in total. The van der Waals surface area contributed by atoms with Gasteiger partial charge in [0.1, 0.15) is 18.0 Å². The number of halogens is 1. The van der Waals surface area contributed by atoms with Gasteiger partial charge in [-0.25, -0.2) is 9.59 Å². The smallest absolute Gasteiger partial charge is 0.410 e. The first-order valence-corrected chi connectivity index (χ1v) is 8.51. The Morgan fingerprint density at radius 3 is 2.42 bits per heavy atom. The van der Waals surface area contributed by atoms with Crippen LogP contribution in [0.1, 0.15) is 20.8 Å². The van der Waals surface area contributed by atoms with Crippen LogP contribution in [0.25, 0.3) is 0 Å². The Bertz CT molecular complexity index is 578.